The lowest BCUT2D eigenvalue weighted by atomic mass is 10.1. The number of esters is 3. The van der Waals surface area contributed by atoms with Gasteiger partial charge in [-0.3, -0.25) is 9.59 Å². The van der Waals surface area contributed by atoms with Gasteiger partial charge in [-0.15, -0.1) is 0 Å². The number of aliphatic carboxylic acids is 1. The van der Waals surface area contributed by atoms with Crippen LogP contribution in [0.1, 0.15) is 11.1 Å². The Bertz CT molecular complexity index is 1230. The van der Waals surface area contributed by atoms with E-state index >= 15 is 0 Å². The number of carboxylic acid groups (broad SMARTS) is 1. The Balaban J connectivity index is 0.000000469. The van der Waals surface area contributed by atoms with E-state index in [1.807, 2.05) is 0 Å². The fourth-order valence-electron chi connectivity index (χ4n) is 3.12. The van der Waals surface area contributed by atoms with Crippen LogP contribution in [0.3, 0.4) is 0 Å². The van der Waals surface area contributed by atoms with Gasteiger partial charge >= 0.3 is 23.9 Å². The molecule has 2 atom stereocenters. The fourth-order valence-corrected chi connectivity index (χ4v) is 3.12. The van der Waals surface area contributed by atoms with Gasteiger partial charge in [0.05, 0.1) is 7.11 Å². The normalized spacial score (nSPS) is 11.4. The highest BCUT2D eigenvalue weighted by molar-refractivity contribution is 5.86. The second kappa shape index (κ2) is 19.1. The van der Waals surface area contributed by atoms with Crippen LogP contribution in [-0.2, 0) is 51.1 Å². The van der Waals surface area contributed by atoms with Crippen LogP contribution in [0.15, 0.2) is 48.5 Å². The number of aliphatic hydroxyl groups excluding tert-OH is 3. The predicted octanol–water partition coefficient (Wildman–Crippen LogP) is -2.18. The number of ether oxygens (including phenoxy) is 3. The first-order chi connectivity index (χ1) is 20.4. The minimum absolute atomic E-state index is 0.0000274. The number of aliphatic hydroxyl groups is 3. The van der Waals surface area contributed by atoms with Gasteiger partial charge in [0.1, 0.15) is 43.4 Å². The number of phenolic OH excluding ortho intramolecular Hbond substituents is 1. The molecular weight excluding hydrogens is 576 g/mol. The molecule has 0 aliphatic heterocycles. The number of rotatable bonds is 14. The van der Waals surface area contributed by atoms with Gasteiger partial charge < -0.3 is 50.4 Å². The highest BCUT2D eigenvalue weighted by atomic mass is 16.6. The third-order valence-corrected chi connectivity index (χ3v) is 5.20. The number of phenols is 1. The zero-order valence-electron chi connectivity index (χ0n) is 22.9. The molecule has 7 N–H and O–H groups in total. The Morgan fingerprint density at radius 2 is 1.21 bits per heavy atom. The second-order valence-electron chi connectivity index (χ2n) is 8.43. The molecule has 2 aromatic rings. The number of hydrogen-bond acceptors (Lipinski definition) is 13. The molecule has 0 aromatic heterocycles. The standard InChI is InChI=1S/C16H19NO9.C11H13NO5/c1-24-15(22)9-25-16(23)12(17-13(20)7-18)6-10-2-4-11(5-3-10)26-14(21)8-19;13-6-10(15)12-9(11(16)17)5-7-1-3-8(14)4-2-7/h2-5,12,18-19H,6-9H2,1H3,(H,17,20);1-4,9,13-14H,5-6H2,(H,12,15)(H,16,17). The molecule has 0 saturated carbocycles. The van der Waals surface area contributed by atoms with Crippen LogP contribution < -0.4 is 15.4 Å². The summed E-state index contributed by atoms with van der Waals surface area (Å²) in [6, 6.07) is 9.69. The van der Waals surface area contributed by atoms with E-state index in [1.165, 1.54) is 36.4 Å². The highest BCUT2D eigenvalue weighted by Crippen LogP contribution is 2.14. The molecule has 0 spiro atoms. The minimum atomic E-state index is -1.18. The van der Waals surface area contributed by atoms with Crippen molar-refractivity contribution in [2.75, 3.05) is 33.5 Å². The molecule has 234 valence electrons. The summed E-state index contributed by atoms with van der Waals surface area (Å²) in [5, 5.41) is 48.4. The topological polar surface area (TPSA) is 255 Å². The average molecular weight is 609 g/mol. The lowest BCUT2D eigenvalue weighted by molar-refractivity contribution is -0.158. The summed E-state index contributed by atoms with van der Waals surface area (Å²) < 4.78 is 13.9. The number of benzene rings is 2. The first-order valence-corrected chi connectivity index (χ1v) is 12.4. The number of carbonyl (C=O) groups is 6. The maximum absolute atomic E-state index is 12.0. The van der Waals surface area contributed by atoms with E-state index < -0.39 is 74.2 Å². The maximum atomic E-state index is 12.0. The van der Waals surface area contributed by atoms with E-state index in [0.29, 0.717) is 11.1 Å². The molecule has 2 aromatic carbocycles. The molecule has 0 radical (unpaired) electrons. The summed E-state index contributed by atoms with van der Waals surface area (Å²) in [7, 11) is 1.13. The van der Waals surface area contributed by atoms with Gasteiger partial charge in [-0.25, -0.2) is 19.2 Å². The van der Waals surface area contributed by atoms with Crippen LogP contribution in [0.2, 0.25) is 0 Å². The van der Waals surface area contributed by atoms with E-state index in [2.05, 4.69) is 15.4 Å². The van der Waals surface area contributed by atoms with E-state index in [9.17, 15) is 28.8 Å². The Morgan fingerprint density at radius 1 is 0.721 bits per heavy atom. The van der Waals surface area contributed by atoms with Gasteiger partial charge in [0, 0.05) is 12.8 Å². The van der Waals surface area contributed by atoms with Crippen LogP contribution in [0, 0.1) is 0 Å². The van der Waals surface area contributed by atoms with Crippen molar-refractivity contribution < 1.29 is 68.5 Å². The van der Waals surface area contributed by atoms with E-state index in [4.69, 9.17) is 35.0 Å². The molecule has 2 unspecified atom stereocenters. The van der Waals surface area contributed by atoms with Crippen molar-refractivity contribution in [3.05, 3.63) is 59.7 Å². The van der Waals surface area contributed by atoms with Gasteiger partial charge in [-0.05, 0) is 35.4 Å². The molecule has 2 amide bonds. The van der Waals surface area contributed by atoms with Crippen molar-refractivity contribution in [1.29, 1.82) is 0 Å². The lowest BCUT2D eigenvalue weighted by Gasteiger charge is -2.17. The fraction of sp³-hybridized carbons (Fsp3) is 0.333. The zero-order chi connectivity index (χ0) is 32.4. The average Bonchev–Trinajstić information content (AvgIpc) is 3.00. The van der Waals surface area contributed by atoms with E-state index in [0.717, 1.165) is 7.11 Å². The molecule has 0 heterocycles. The smallest absolute Gasteiger partial charge is 0.344 e. The molecule has 0 fully saturated rings. The minimum Gasteiger partial charge on any atom is -0.508 e. The summed E-state index contributed by atoms with van der Waals surface area (Å²) >= 11 is 0. The number of hydrogen-bond donors (Lipinski definition) is 7. The number of aromatic hydroxyl groups is 1. The monoisotopic (exact) mass is 608 g/mol. The van der Waals surface area contributed by atoms with Gasteiger partial charge in [-0.1, -0.05) is 24.3 Å². The zero-order valence-corrected chi connectivity index (χ0v) is 22.9. The Morgan fingerprint density at radius 3 is 1.67 bits per heavy atom. The van der Waals surface area contributed by atoms with Crippen molar-refractivity contribution >= 4 is 35.7 Å². The van der Waals surface area contributed by atoms with Crippen molar-refractivity contribution in [1.82, 2.24) is 10.6 Å². The van der Waals surface area contributed by atoms with E-state index in [-0.39, 0.29) is 24.3 Å². The Kier molecular flexibility index (Phi) is 16.0. The molecule has 43 heavy (non-hydrogen) atoms. The summed E-state index contributed by atoms with van der Waals surface area (Å²) in [6.45, 7) is -2.95. The lowest BCUT2D eigenvalue weighted by Crippen LogP contribution is -2.45. The van der Waals surface area contributed by atoms with Crippen molar-refractivity contribution in [2.24, 2.45) is 0 Å². The third-order valence-electron chi connectivity index (χ3n) is 5.20. The highest BCUT2D eigenvalue weighted by Gasteiger charge is 2.24. The number of methoxy groups -OCH3 is 1. The molecular formula is C27H32N2O14. The molecule has 16 nitrogen and oxygen atoms in total. The number of carbonyl (C=O) groups excluding carboxylic acids is 5. The summed E-state index contributed by atoms with van der Waals surface area (Å²) in [5.74, 6) is -4.91. The van der Waals surface area contributed by atoms with Gasteiger partial charge in [-0.2, -0.15) is 0 Å². The molecule has 0 aliphatic rings. The predicted molar refractivity (Wildman–Crippen MR) is 143 cm³/mol. The summed E-state index contributed by atoms with van der Waals surface area (Å²) in [4.78, 5) is 67.2. The second-order valence-corrected chi connectivity index (χ2v) is 8.43. The quantitative estimate of drug-likeness (QED) is 0.0889. The van der Waals surface area contributed by atoms with Crippen molar-refractivity contribution in [2.45, 2.75) is 24.9 Å². The molecule has 16 heteroatoms. The molecule has 0 saturated heterocycles. The van der Waals surface area contributed by atoms with Gasteiger partial charge in [0.25, 0.3) is 0 Å². The van der Waals surface area contributed by atoms with Crippen molar-refractivity contribution in [3.8, 4) is 11.5 Å². The summed E-state index contributed by atoms with van der Waals surface area (Å²) in [6.07, 6.45) is 0.0846. The Labute approximate surface area is 244 Å². The largest absolute Gasteiger partial charge is 0.508 e. The first-order valence-electron chi connectivity index (χ1n) is 12.4. The van der Waals surface area contributed by atoms with Crippen LogP contribution in [0.5, 0.6) is 11.5 Å². The molecule has 0 bridgehead atoms. The number of nitrogens with one attached hydrogen (secondary N) is 2. The van der Waals surface area contributed by atoms with Gasteiger partial charge in [0.2, 0.25) is 11.8 Å². The van der Waals surface area contributed by atoms with Crippen LogP contribution in [-0.4, -0.2) is 107 Å². The maximum Gasteiger partial charge on any atom is 0.344 e. The van der Waals surface area contributed by atoms with Crippen LogP contribution in [0.25, 0.3) is 0 Å². The molecule has 2 rings (SSSR count). The SMILES string of the molecule is COC(=O)COC(=O)C(Cc1ccc(OC(=O)CO)cc1)NC(=O)CO.O=C(CO)NC(Cc1ccc(O)cc1)C(=O)O. The molecule has 0 aliphatic carbocycles. The number of carboxylic acids is 1. The summed E-state index contributed by atoms with van der Waals surface area (Å²) in [5.41, 5.74) is 1.24. The van der Waals surface area contributed by atoms with Crippen LogP contribution >= 0.6 is 0 Å². The van der Waals surface area contributed by atoms with Crippen LogP contribution in [0.4, 0.5) is 0 Å². The number of amides is 2. The van der Waals surface area contributed by atoms with E-state index in [1.54, 1.807) is 12.1 Å². The van der Waals surface area contributed by atoms with Crippen molar-refractivity contribution in [3.63, 3.8) is 0 Å². The Hall–Kier alpha value is -5.06. The van der Waals surface area contributed by atoms with Gasteiger partial charge in [0.15, 0.2) is 6.61 Å². The third kappa shape index (κ3) is 14.4. The first kappa shape index (κ1) is 36.0.